The molecule has 0 radical (unpaired) electrons. The molecule has 0 aliphatic rings. The Hall–Kier alpha value is -1.47. The maximum Gasteiger partial charge on any atom is 0.252 e. The summed E-state index contributed by atoms with van der Waals surface area (Å²) in [6.45, 7) is 0.446. The molecule has 0 spiro atoms. The molecule has 1 amide bonds. The number of halogens is 1. The molecule has 3 aromatic rings. The molecule has 0 aliphatic heterocycles. The molecule has 0 bridgehead atoms. The zero-order chi connectivity index (χ0) is 16.2. The summed E-state index contributed by atoms with van der Waals surface area (Å²) >= 11 is 6.45. The van der Waals surface area contributed by atoms with Gasteiger partial charge in [0.15, 0.2) is 0 Å². The van der Waals surface area contributed by atoms with Crippen LogP contribution < -0.4 is 5.32 Å². The van der Waals surface area contributed by atoms with Gasteiger partial charge in [-0.15, -0.1) is 11.3 Å². The van der Waals surface area contributed by atoms with E-state index in [9.17, 15) is 9.90 Å². The van der Waals surface area contributed by atoms with Crippen molar-refractivity contribution >= 4 is 44.5 Å². The number of thiophene rings is 2. The van der Waals surface area contributed by atoms with E-state index in [0.717, 1.165) is 19.8 Å². The molecule has 2 N–H and O–H groups in total. The first-order chi connectivity index (χ1) is 11.1. The van der Waals surface area contributed by atoms with Gasteiger partial charge >= 0.3 is 0 Å². The van der Waals surface area contributed by atoms with Gasteiger partial charge in [-0.1, -0.05) is 12.1 Å². The van der Waals surface area contributed by atoms with Gasteiger partial charge in [-0.2, -0.15) is 11.3 Å². The van der Waals surface area contributed by atoms with Crippen LogP contribution in [0.3, 0.4) is 0 Å². The summed E-state index contributed by atoms with van der Waals surface area (Å²) in [5, 5.41) is 17.1. The average Bonchev–Trinajstić information content (AvgIpc) is 3.24. The smallest absolute Gasteiger partial charge is 0.252 e. The highest BCUT2D eigenvalue weighted by molar-refractivity contribution is 9.10. The van der Waals surface area contributed by atoms with Crippen molar-refractivity contribution in [1.29, 1.82) is 0 Å². The normalized spacial score (nSPS) is 12.1. The summed E-state index contributed by atoms with van der Waals surface area (Å²) in [6, 6.07) is 13.1. The predicted molar refractivity (Wildman–Crippen MR) is 98.0 cm³/mol. The second kappa shape index (κ2) is 7.40. The Kier molecular flexibility index (Phi) is 5.27. The minimum absolute atomic E-state index is 0.120. The lowest BCUT2D eigenvalue weighted by Crippen LogP contribution is -2.22. The lowest BCUT2D eigenvalue weighted by molar-refractivity contribution is 0.0950. The molecule has 0 aliphatic carbocycles. The van der Waals surface area contributed by atoms with E-state index >= 15 is 0 Å². The largest absolute Gasteiger partial charge is 0.383 e. The Balaban J connectivity index is 1.64. The molecule has 0 saturated heterocycles. The van der Waals surface area contributed by atoms with Crippen LogP contribution in [0.5, 0.6) is 0 Å². The zero-order valence-electron chi connectivity index (χ0n) is 12.0. The van der Waals surface area contributed by atoms with E-state index in [1.807, 2.05) is 47.2 Å². The molecule has 0 fully saturated rings. The van der Waals surface area contributed by atoms with Crippen molar-refractivity contribution in [2.45, 2.75) is 12.6 Å². The van der Waals surface area contributed by atoms with Crippen LogP contribution in [0, 0.1) is 0 Å². The Morgan fingerprint density at radius 1 is 1.22 bits per heavy atom. The first-order valence-electron chi connectivity index (χ1n) is 6.96. The molecule has 3 rings (SSSR count). The number of hydrogen-bond acceptors (Lipinski definition) is 4. The first-order valence-corrected chi connectivity index (χ1v) is 9.52. The van der Waals surface area contributed by atoms with Crippen molar-refractivity contribution in [2.24, 2.45) is 0 Å². The van der Waals surface area contributed by atoms with Gasteiger partial charge in [-0.3, -0.25) is 4.79 Å². The SMILES string of the molecule is O=C(NCc1ccc(C(O)c2ccsc2)s1)c1ccccc1Br. The summed E-state index contributed by atoms with van der Waals surface area (Å²) in [6.07, 6.45) is -0.598. The molecule has 0 saturated carbocycles. The second-order valence-corrected chi connectivity index (χ2v) is 7.76. The van der Waals surface area contributed by atoms with Crippen LogP contribution in [0.2, 0.25) is 0 Å². The molecule has 3 nitrogen and oxygen atoms in total. The van der Waals surface area contributed by atoms with Gasteiger partial charge < -0.3 is 10.4 Å². The molecule has 6 heteroatoms. The van der Waals surface area contributed by atoms with E-state index in [-0.39, 0.29) is 5.91 Å². The molecule has 2 heterocycles. The van der Waals surface area contributed by atoms with Gasteiger partial charge in [0.25, 0.3) is 5.91 Å². The Labute approximate surface area is 150 Å². The van der Waals surface area contributed by atoms with Crippen molar-refractivity contribution in [1.82, 2.24) is 5.32 Å². The zero-order valence-corrected chi connectivity index (χ0v) is 15.2. The monoisotopic (exact) mass is 407 g/mol. The number of carbonyl (C=O) groups is 1. The highest BCUT2D eigenvalue weighted by Crippen LogP contribution is 2.29. The Bertz CT molecular complexity index is 799. The number of aliphatic hydroxyl groups excluding tert-OH is 1. The summed E-state index contributed by atoms with van der Waals surface area (Å²) in [5.41, 5.74) is 1.52. The van der Waals surface area contributed by atoms with Crippen LogP contribution in [0.15, 0.2) is 57.7 Å². The van der Waals surface area contributed by atoms with E-state index in [1.54, 1.807) is 17.4 Å². The number of hydrogen-bond donors (Lipinski definition) is 2. The second-order valence-electron chi connectivity index (χ2n) is 4.93. The minimum atomic E-state index is -0.598. The summed E-state index contributed by atoms with van der Waals surface area (Å²) in [4.78, 5) is 14.1. The number of benzene rings is 1. The van der Waals surface area contributed by atoms with E-state index < -0.39 is 6.10 Å². The molecular weight excluding hydrogens is 394 g/mol. The van der Waals surface area contributed by atoms with Crippen LogP contribution in [-0.4, -0.2) is 11.0 Å². The predicted octanol–water partition coefficient (Wildman–Crippen LogP) is 4.58. The first kappa shape index (κ1) is 16.4. The van der Waals surface area contributed by atoms with E-state index in [2.05, 4.69) is 21.2 Å². The Morgan fingerprint density at radius 3 is 2.78 bits per heavy atom. The van der Waals surface area contributed by atoms with Crippen LogP contribution >= 0.6 is 38.6 Å². The fourth-order valence-electron chi connectivity index (χ4n) is 2.14. The van der Waals surface area contributed by atoms with Gasteiger partial charge in [-0.05, 0) is 62.6 Å². The van der Waals surface area contributed by atoms with E-state index in [0.29, 0.717) is 12.1 Å². The van der Waals surface area contributed by atoms with Gasteiger partial charge in [0.1, 0.15) is 6.10 Å². The van der Waals surface area contributed by atoms with Gasteiger partial charge in [0.2, 0.25) is 0 Å². The third-order valence-electron chi connectivity index (χ3n) is 3.35. The van der Waals surface area contributed by atoms with Crippen LogP contribution in [-0.2, 0) is 6.54 Å². The van der Waals surface area contributed by atoms with Crippen molar-refractivity contribution in [3.63, 3.8) is 0 Å². The van der Waals surface area contributed by atoms with Crippen molar-refractivity contribution in [3.8, 4) is 0 Å². The number of carbonyl (C=O) groups excluding carboxylic acids is 1. The summed E-state index contributed by atoms with van der Waals surface area (Å²) < 4.78 is 0.775. The lowest BCUT2D eigenvalue weighted by Gasteiger charge is -2.06. The molecular formula is C17H14BrNO2S2. The van der Waals surface area contributed by atoms with Crippen molar-refractivity contribution < 1.29 is 9.90 Å². The van der Waals surface area contributed by atoms with Crippen molar-refractivity contribution in [3.05, 3.63) is 78.6 Å². The quantitative estimate of drug-likeness (QED) is 0.649. The number of rotatable bonds is 5. The number of amides is 1. The van der Waals surface area contributed by atoms with Crippen molar-refractivity contribution in [2.75, 3.05) is 0 Å². The topological polar surface area (TPSA) is 49.3 Å². The summed E-state index contributed by atoms with van der Waals surface area (Å²) in [7, 11) is 0. The maximum atomic E-state index is 12.2. The minimum Gasteiger partial charge on any atom is -0.383 e. The highest BCUT2D eigenvalue weighted by Gasteiger charge is 2.14. The highest BCUT2D eigenvalue weighted by atomic mass is 79.9. The standard InChI is InChI=1S/C17H14BrNO2S2/c18-14-4-2-1-3-13(14)17(21)19-9-12-5-6-15(23-12)16(20)11-7-8-22-10-11/h1-8,10,16,20H,9H2,(H,19,21). The van der Waals surface area contributed by atoms with Gasteiger partial charge in [-0.25, -0.2) is 0 Å². The molecule has 2 aromatic heterocycles. The van der Waals surface area contributed by atoms with Crippen LogP contribution in [0.1, 0.15) is 31.8 Å². The maximum absolute atomic E-state index is 12.2. The number of aliphatic hydroxyl groups is 1. The fourth-order valence-corrected chi connectivity index (χ4v) is 4.25. The molecule has 118 valence electrons. The molecule has 1 aromatic carbocycles. The van der Waals surface area contributed by atoms with E-state index in [1.165, 1.54) is 11.3 Å². The molecule has 1 atom stereocenters. The van der Waals surface area contributed by atoms with Gasteiger partial charge in [0.05, 0.1) is 12.1 Å². The average molecular weight is 408 g/mol. The summed E-state index contributed by atoms with van der Waals surface area (Å²) in [5.74, 6) is -0.120. The molecule has 23 heavy (non-hydrogen) atoms. The third-order valence-corrected chi connectivity index (χ3v) is 5.88. The Morgan fingerprint density at radius 2 is 2.04 bits per heavy atom. The third kappa shape index (κ3) is 3.90. The van der Waals surface area contributed by atoms with E-state index in [4.69, 9.17) is 0 Å². The van der Waals surface area contributed by atoms with Crippen LogP contribution in [0.4, 0.5) is 0 Å². The molecule has 1 unspecified atom stereocenters. The van der Waals surface area contributed by atoms with Crippen LogP contribution in [0.25, 0.3) is 0 Å². The number of nitrogens with one attached hydrogen (secondary N) is 1. The fraction of sp³-hybridized carbons (Fsp3) is 0.118. The lowest BCUT2D eigenvalue weighted by atomic mass is 10.2. The van der Waals surface area contributed by atoms with Gasteiger partial charge in [0, 0.05) is 14.2 Å².